The van der Waals surface area contributed by atoms with Gasteiger partial charge >= 0.3 is 0 Å². The first kappa shape index (κ1) is 13.6. The number of aliphatic imine (C=N–C) groups is 1. The lowest BCUT2D eigenvalue weighted by atomic mass is 10.1. The van der Waals surface area contributed by atoms with Crippen molar-refractivity contribution < 1.29 is 9.59 Å². The number of amides is 2. The van der Waals surface area contributed by atoms with Gasteiger partial charge in [0, 0.05) is 12.1 Å². The summed E-state index contributed by atoms with van der Waals surface area (Å²) >= 11 is 1.13. The lowest BCUT2D eigenvalue weighted by Crippen LogP contribution is -2.21. The van der Waals surface area contributed by atoms with E-state index in [2.05, 4.69) is 10.3 Å². The number of nitrogens with zero attached hydrogens (tertiary/aromatic N) is 1. The van der Waals surface area contributed by atoms with Crippen molar-refractivity contribution in [2.75, 3.05) is 5.32 Å². The van der Waals surface area contributed by atoms with Crippen LogP contribution in [0.2, 0.25) is 0 Å². The normalized spacial score (nSPS) is 17.8. The third-order valence-corrected chi connectivity index (χ3v) is 4.15. The van der Waals surface area contributed by atoms with Gasteiger partial charge in [0.05, 0.1) is 0 Å². The van der Waals surface area contributed by atoms with Gasteiger partial charge in [-0.25, -0.2) is 0 Å². The third kappa shape index (κ3) is 3.05. The standard InChI is InChI=1S/C15H13N3O2S/c16-15-18-14(20)12(21-15)8-13(19)17-11-6-5-9-3-1-2-4-10(9)7-11/h1-7,12H,8H2,(H,17,19)(H2,16,18,20)/t12-/m0/s1. The maximum absolute atomic E-state index is 12.0. The van der Waals surface area contributed by atoms with Crippen LogP contribution in [0.3, 0.4) is 0 Å². The molecule has 6 heteroatoms. The minimum Gasteiger partial charge on any atom is -0.378 e. The van der Waals surface area contributed by atoms with E-state index in [4.69, 9.17) is 5.73 Å². The highest BCUT2D eigenvalue weighted by Crippen LogP contribution is 2.24. The average molecular weight is 299 g/mol. The number of anilines is 1. The topological polar surface area (TPSA) is 84.5 Å². The zero-order valence-electron chi connectivity index (χ0n) is 11.1. The SMILES string of the molecule is NC1=NC(=O)[C@H](CC(=O)Nc2ccc3ccccc3c2)S1. The van der Waals surface area contributed by atoms with Gasteiger partial charge in [0.1, 0.15) is 5.25 Å². The van der Waals surface area contributed by atoms with Gasteiger partial charge in [-0.2, -0.15) is 4.99 Å². The van der Waals surface area contributed by atoms with Gasteiger partial charge in [-0.1, -0.05) is 42.1 Å². The van der Waals surface area contributed by atoms with Crippen LogP contribution >= 0.6 is 11.8 Å². The molecule has 106 valence electrons. The number of thioether (sulfide) groups is 1. The summed E-state index contributed by atoms with van der Waals surface area (Å²) in [6.07, 6.45) is 0.0700. The number of nitrogens with one attached hydrogen (secondary N) is 1. The molecule has 1 atom stereocenters. The Balaban J connectivity index is 1.67. The summed E-state index contributed by atoms with van der Waals surface area (Å²) < 4.78 is 0. The predicted molar refractivity (Wildman–Crippen MR) is 85.2 cm³/mol. The number of benzene rings is 2. The lowest BCUT2D eigenvalue weighted by molar-refractivity contribution is -0.121. The molecule has 0 spiro atoms. The van der Waals surface area contributed by atoms with Crippen LogP contribution in [0.5, 0.6) is 0 Å². The minimum absolute atomic E-state index is 0.0700. The number of fused-ring (bicyclic) bond motifs is 1. The van der Waals surface area contributed by atoms with Crippen LogP contribution in [0.1, 0.15) is 6.42 Å². The van der Waals surface area contributed by atoms with Crippen LogP contribution < -0.4 is 11.1 Å². The van der Waals surface area contributed by atoms with Gasteiger partial charge in [-0.15, -0.1) is 0 Å². The zero-order valence-corrected chi connectivity index (χ0v) is 11.9. The second-order valence-corrected chi connectivity index (χ2v) is 5.93. The van der Waals surface area contributed by atoms with Crippen LogP contribution in [0, 0.1) is 0 Å². The summed E-state index contributed by atoms with van der Waals surface area (Å²) in [6, 6.07) is 13.6. The lowest BCUT2D eigenvalue weighted by Gasteiger charge is -2.08. The number of nitrogens with two attached hydrogens (primary N) is 1. The molecule has 0 aromatic heterocycles. The summed E-state index contributed by atoms with van der Waals surface area (Å²) in [7, 11) is 0. The second-order valence-electron chi connectivity index (χ2n) is 4.71. The number of carbonyl (C=O) groups is 2. The molecule has 0 saturated heterocycles. The molecule has 21 heavy (non-hydrogen) atoms. The molecule has 0 unspecified atom stereocenters. The molecule has 3 N–H and O–H groups in total. The molecule has 0 aliphatic carbocycles. The Morgan fingerprint density at radius 1 is 1.24 bits per heavy atom. The highest BCUT2D eigenvalue weighted by molar-refractivity contribution is 8.15. The fourth-order valence-electron chi connectivity index (χ4n) is 2.18. The molecule has 0 saturated carbocycles. The highest BCUT2D eigenvalue weighted by atomic mass is 32.2. The molecule has 2 aromatic rings. The van der Waals surface area contributed by atoms with Crippen molar-refractivity contribution in [3.8, 4) is 0 Å². The largest absolute Gasteiger partial charge is 0.378 e. The molecule has 5 nitrogen and oxygen atoms in total. The summed E-state index contributed by atoms with van der Waals surface area (Å²) in [5.74, 6) is -0.563. The first-order valence-electron chi connectivity index (χ1n) is 6.45. The highest BCUT2D eigenvalue weighted by Gasteiger charge is 2.29. The van der Waals surface area contributed by atoms with Crippen molar-refractivity contribution in [3.05, 3.63) is 42.5 Å². The molecule has 0 bridgehead atoms. The van der Waals surface area contributed by atoms with E-state index in [-0.39, 0.29) is 23.4 Å². The maximum atomic E-state index is 12.0. The molecular weight excluding hydrogens is 286 g/mol. The fourth-order valence-corrected chi connectivity index (χ4v) is 3.00. The Morgan fingerprint density at radius 2 is 2.00 bits per heavy atom. The molecular formula is C15H13N3O2S. The van der Waals surface area contributed by atoms with Crippen molar-refractivity contribution in [3.63, 3.8) is 0 Å². The second kappa shape index (κ2) is 5.57. The van der Waals surface area contributed by atoms with E-state index in [1.165, 1.54) is 0 Å². The molecule has 0 radical (unpaired) electrons. The van der Waals surface area contributed by atoms with E-state index in [0.717, 1.165) is 22.5 Å². The van der Waals surface area contributed by atoms with Crippen LogP contribution in [-0.2, 0) is 9.59 Å². The quantitative estimate of drug-likeness (QED) is 0.909. The number of carbonyl (C=O) groups excluding carboxylic acids is 2. The van der Waals surface area contributed by atoms with E-state index in [1.54, 1.807) is 0 Å². The predicted octanol–water partition coefficient (Wildman–Crippen LogP) is 2.13. The van der Waals surface area contributed by atoms with Gasteiger partial charge in [0.15, 0.2) is 5.17 Å². The van der Waals surface area contributed by atoms with Crippen molar-refractivity contribution in [1.29, 1.82) is 0 Å². The summed E-state index contributed by atoms with van der Waals surface area (Å²) in [6.45, 7) is 0. The first-order chi connectivity index (χ1) is 10.1. The Labute approximate surface area is 125 Å². The smallest absolute Gasteiger partial charge is 0.262 e. The van der Waals surface area contributed by atoms with E-state index in [9.17, 15) is 9.59 Å². The fraction of sp³-hybridized carbons (Fsp3) is 0.133. The maximum Gasteiger partial charge on any atom is 0.262 e. The Morgan fingerprint density at radius 3 is 2.71 bits per heavy atom. The van der Waals surface area contributed by atoms with E-state index < -0.39 is 5.25 Å². The van der Waals surface area contributed by atoms with Gasteiger partial charge in [0.25, 0.3) is 5.91 Å². The van der Waals surface area contributed by atoms with Gasteiger partial charge in [-0.3, -0.25) is 9.59 Å². The Hall–Kier alpha value is -2.34. The molecule has 1 aliphatic heterocycles. The molecule has 2 amide bonds. The monoisotopic (exact) mass is 299 g/mol. The van der Waals surface area contributed by atoms with Gasteiger partial charge < -0.3 is 11.1 Å². The minimum atomic E-state index is -0.509. The first-order valence-corrected chi connectivity index (χ1v) is 7.33. The van der Waals surface area contributed by atoms with Crippen LogP contribution in [0.15, 0.2) is 47.5 Å². The number of amidine groups is 1. The molecule has 0 fully saturated rings. The van der Waals surface area contributed by atoms with Crippen molar-refractivity contribution >= 4 is 45.2 Å². The van der Waals surface area contributed by atoms with Crippen LogP contribution in [0.25, 0.3) is 10.8 Å². The number of hydrogen-bond donors (Lipinski definition) is 2. The Kier molecular flexibility index (Phi) is 3.62. The van der Waals surface area contributed by atoms with E-state index in [1.807, 2.05) is 42.5 Å². The molecule has 1 heterocycles. The molecule has 1 aliphatic rings. The summed E-state index contributed by atoms with van der Waals surface area (Å²) in [5, 5.41) is 4.68. The Bertz CT molecular complexity index is 757. The van der Waals surface area contributed by atoms with Gasteiger partial charge in [-0.05, 0) is 22.9 Å². The van der Waals surface area contributed by atoms with Crippen molar-refractivity contribution in [1.82, 2.24) is 0 Å². The van der Waals surface area contributed by atoms with Crippen LogP contribution in [-0.4, -0.2) is 22.2 Å². The summed E-state index contributed by atoms with van der Waals surface area (Å²) in [4.78, 5) is 27.1. The average Bonchev–Trinajstić information content (AvgIpc) is 2.76. The zero-order chi connectivity index (χ0) is 14.8. The number of hydrogen-bond acceptors (Lipinski definition) is 4. The molecule has 3 rings (SSSR count). The van der Waals surface area contributed by atoms with E-state index in [0.29, 0.717) is 5.69 Å². The van der Waals surface area contributed by atoms with Gasteiger partial charge in [0.2, 0.25) is 5.91 Å². The van der Waals surface area contributed by atoms with Crippen LogP contribution in [0.4, 0.5) is 5.69 Å². The third-order valence-electron chi connectivity index (χ3n) is 3.16. The number of rotatable bonds is 3. The molecule has 2 aromatic carbocycles. The summed E-state index contributed by atoms with van der Waals surface area (Å²) in [5.41, 5.74) is 6.18. The van der Waals surface area contributed by atoms with Crippen molar-refractivity contribution in [2.24, 2.45) is 10.7 Å². The van der Waals surface area contributed by atoms with E-state index >= 15 is 0 Å². The van der Waals surface area contributed by atoms with Crippen molar-refractivity contribution in [2.45, 2.75) is 11.7 Å².